The summed E-state index contributed by atoms with van der Waals surface area (Å²) in [7, 11) is 4.81. The minimum absolute atomic E-state index is 0.0497. The van der Waals surface area contributed by atoms with Gasteiger partial charge in [-0.05, 0) is 30.3 Å². The van der Waals surface area contributed by atoms with Crippen molar-refractivity contribution in [1.29, 1.82) is 0 Å². The molecule has 0 atom stereocenters. The number of carbonyl (C=O) groups excluding carboxylic acids is 1. The zero-order chi connectivity index (χ0) is 20.4. The Balaban J connectivity index is 1.49. The van der Waals surface area contributed by atoms with E-state index >= 15 is 0 Å². The Kier molecular flexibility index (Phi) is 5.44. The summed E-state index contributed by atoms with van der Waals surface area (Å²) in [6.07, 6.45) is 0. The van der Waals surface area contributed by atoms with Crippen LogP contribution in [-0.2, 0) is 0 Å². The minimum Gasteiger partial charge on any atom is -0.497 e. The monoisotopic (exact) mass is 413 g/mol. The van der Waals surface area contributed by atoms with Gasteiger partial charge in [0.2, 0.25) is 0 Å². The van der Waals surface area contributed by atoms with Crippen LogP contribution < -0.4 is 19.1 Å². The average molecular weight is 413 g/mol. The van der Waals surface area contributed by atoms with Gasteiger partial charge in [0.1, 0.15) is 22.8 Å². The number of carbonyl (C=O) groups is 1. The largest absolute Gasteiger partial charge is 0.497 e. The molecule has 2 heterocycles. The minimum atomic E-state index is -0.0497. The lowest BCUT2D eigenvalue weighted by Crippen LogP contribution is -2.48. The summed E-state index contributed by atoms with van der Waals surface area (Å²) in [4.78, 5) is 21.9. The summed E-state index contributed by atoms with van der Waals surface area (Å²) in [6.45, 7) is 2.68. The molecular weight excluding hydrogens is 390 g/mol. The average Bonchev–Trinajstić information content (AvgIpc) is 3.22. The number of benzene rings is 2. The maximum absolute atomic E-state index is 13.1. The van der Waals surface area contributed by atoms with Crippen molar-refractivity contribution in [1.82, 2.24) is 9.88 Å². The van der Waals surface area contributed by atoms with Gasteiger partial charge in [0.25, 0.3) is 5.91 Å². The quantitative estimate of drug-likeness (QED) is 0.640. The van der Waals surface area contributed by atoms with Crippen LogP contribution in [0.4, 0.5) is 5.13 Å². The molecule has 8 heteroatoms. The molecule has 3 aromatic rings. The smallest absolute Gasteiger partial charge is 0.257 e. The third-order valence-corrected chi connectivity index (χ3v) is 6.15. The van der Waals surface area contributed by atoms with Crippen molar-refractivity contribution in [3.05, 3.63) is 42.0 Å². The second-order valence-electron chi connectivity index (χ2n) is 6.65. The van der Waals surface area contributed by atoms with E-state index in [1.165, 1.54) is 0 Å². The maximum Gasteiger partial charge on any atom is 0.257 e. The number of anilines is 1. The molecule has 1 amide bonds. The molecule has 1 saturated heterocycles. The predicted molar refractivity (Wildman–Crippen MR) is 114 cm³/mol. The molecule has 0 spiro atoms. The van der Waals surface area contributed by atoms with Crippen LogP contribution >= 0.6 is 11.3 Å². The van der Waals surface area contributed by atoms with Gasteiger partial charge in [-0.25, -0.2) is 4.98 Å². The molecule has 0 unspecified atom stereocenters. The molecule has 7 nitrogen and oxygen atoms in total. The first-order valence-corrected chi connectivity index (χ1v) is 10.2. The molecule has 1 fully saturated rings. The fraction of sp³-hybridized carbons (Fsp3) is 0.333. The molecule has 0 bridgehead atoms. The zero-order valence-corrected chi connectivity index (χ0v) is 17.5. The Morgan fingerprint density at radius 2 is 1.72 bits per heavy atom. The number of fused-ring (bicyclic) bond motifs is 1. The SMILES string of the molecule is COc1ccc(OC)c(C(=O)N2CCN(c3nc4c(OC)cccc4s3)CC2)c1. The molecule has 1 aliphatic rings. The third-order valence-electron chi connectivity index (χ3n) is 5.07. The van der Waals surface area contributed by atoms with Crippen LogP contribution in [0.2, 0.25) is 0 Å². The van der Waals surface area contributed by atoms with Crippen molar-refractivity contribution >= 4 is 32.6 Å². The standard InChI is InChI=1S/C21H23N3O4S/c1-26-14-7-8-16(27-2)15(13-14)20(25)23-9-11-24(12-10-23)21-22-19-17(28-3)5-4-6-18(19)29-21/h4-8,13H,9-12H2,1-3H3. The van der Waals surface area contributed by atoms with Gasteiger partial charge in [0.05, 0.1) is 31.6 Å². The highest BCUT2D eigenvalue weighted by atomic mass is 32.1. The summed E-state index contributed by atoms with van der Waals surface area (Å²) in [6, 6.07) is 11.2. The van der Waals surface area contributed by atoms with Crippen LogP contribution in [0.5, 0.6) is 17.2 Å². The van der Waals surface area contributed by atoms with E-state index in [9.17, 15) is 4.79 Å². The van der Waals surface area contributed by atoms with Crippen molar-refractivity contribution in [2.75, 3.05) is 52.4 Å². The lowest BCUT2D eigenvalue weighted by atomic mass is 10.1. The number of rotatable bonds is 5. The van der Waals surface area contributed by atoms with Crippen molar-refractivity contribution < 1.29 is 19.0 Å². The highest BCUT2D eigenvalue weighted by molar-refractivity contribution is 7.22. The van der Waals surface area contributed by atoms with Gasteiger partial charge in [0, 0.05) is 26.2 Å². The van der Waals surface area contributed by atoms with E-state index in [4.69, 9.17) is 19.2 Å². The Morgan fingerprint density at radius 3 is 2.41 bits per heavy atom. The van der Waals surface area contributed by atoms with Gasteiger partial charge in [-0.2, -0.15) is 0 Å². The molecule has 0 radical (unpaired) electrons. The highest BCUT2D eigenvalue weighted by Crippen LogP contribution is 2.34. The van der Waals surface area contributed by atoms with Crippen LogP contribution in [0.15, 0.2) is 36.4 Å². The number of thiazole rings is 1. The topological polar surface area (TPSA) is 64.1 Å². The number of aromatic nitrogens is 1. The normalized spacial score (nSPS) is 14.2. The molecule has 2 aromatic carbocycles. The lowest BCUT2D eigenvalue weighted by molar-refractivity contribution is 0.0743. The molecule has 0 saturated carbocycles. The van der Waals surface area contributed by atoms with E-state index in [-0.39, 0.29) is 5.91 Å². The number of hydrogen-bond acceptors (Lipinski definition) is 7. The van der Waals surface area contributed by atoms with Gasteiger partial charge in [-0.15, -0.1) is 0 Å². The van der Waals surface area contributed by atoms with E-state index in [1.54, 1.807) is 50.9 Å². The number of hydrogen-bond donors (Lipinski definition) is 0. The zero-order valence-electron chi connectivity index (χ0n) is 16.7. The number of piperazine rings is 1. The van der Waals surface area contributed by atoms with Gasteiger partial charge in [-0.1, -0.05) is 17.4 Å². The Hall–Kier alpha value is -3.00. The maximum atomic E-state index is 13.1. The van der Waals surface area contributed by atoms with Crippen LogP contribution in [0.1, 0.15) is 10.4 Å². The summed E-state index contributed by atoms with van der Waals surface area (Å²) < 4.78 is 17.1. The molecule has 1 aliphatic heterocycles. The predicted octanol–water partition coefficient (Wildman–Crippen LogP) is 3.28. The molecule has 1 aromatic heterocycles. The van der Waals surface area contributed by atoms with Gasteiger partial charge < -0.3 is 24.0 Å². The van der Waals surface area contributed by atoms with Gasteiger partial charge in [0.15, 0.2) is 5.13 Å². The van der Waals surface area contributed by atoms with Crippen molar-refractivity contribution in [2.45, 2.75) is 0 Å². The van der Waals surface area contributed by atoms with Crippen LogP contribution in [0.3, 0.4) is 0 Å². The Bertz CT molecular complexity index is 1030. The lowest BCUT2D eigenvalue weighted by Gasteiger charge is -2.34. The highest BCUT2D eigenvalue weighted by Gasteiger charge is 2.26. The van der Waals surface area contributed by atoms with Crippen LogP contribution in [-0.4, -0.2) is 63.3 Å². The number of nitrogens with zero attached hydrogens (tertiary/aromatic N) is 3. The second kappa shape index (κ2) is 8.16. The van der Waals surface area contributed by atoms with Crippen LogP contribution in [0, 0.1) is 0 Å². The fourth-order valence-corrected chi connectivity index (χ4v) is 4.50. The van der Waals surface area contributed by atoms with Crippen LogP contribution in [0.25, 0.3) is 10.2 Å². The summed E-state index contributed by atoms with van der Waals surface area (Å²) in [5.74, 6) is 1.92. The summed E-state index contributed by atoms with van der Waals surface area (Å²) >= 11 is 1.65. The summed E-state index contributed by atoms with van der Waals surface area (Å²) in [5, 5.41) is 0.954. The third kappa shape index (κ3) is 3.67. The second-order valence-corrected chi connectivity index (χ2v) is 7.66. The molecule has 0 N–H and O–H groups in total. The van der Waals surface area contributed by atoms with Crippen molar-refractivity contribution in [2.24, 2.45) is 0 Å². The first-order valence-electron chi connectivity index (χ1n) is 9.34. The van der Waals surface area contributed by atoms with Gasteiger partial charge >= 0.3 is 0 Å². The Labute approximate surface area is 173 Å². The number of amides is 1. The fourth-order valence-electron chi connectivity index (χ4n) is 3.46. The molecule has 152 valence electrons. The number of para-hydroxylation sites is 1. The van der Waals surface area contributed by atoms with Gasteiger partial charge in [-0.3, -0.25) is 4.79 Å². The number of ether oxygens (including phenoxy) is 3. The Morgan fingerprint density at radius 1 is 0.966 bits per heavy atom. The van der Waals surface area contributed by atoms with E-state index < -0.39 is 0 Å². The molecule has 0 aliphatic carbocycles. The molecule has 4 rings (SSSR count). The van der Waals surface area contributed by atoms with E-state index in [1.807, 2.05) is 23.1 Å². The molecule has 29 heavy (non-hydrogen) atoms. The van der Waals surface area contributed by atoms with E-state index in [0.717, 1.165) is 34.2 Å². The van der Waals surface area contributed by atoms with E-state index in [0.29, 0.717) is 30.2 Å². The van der Waals surface area contributed by atoms with Crippen molar-refractivity contribution in [3.63, 3.8) is 0 Å². The van der Waals surface area contributed by atoms with E-state index in [2.05, 4.69) is 4.90 Å². The first-order chi connectivity index (χ1) is 14.1. The number of methoxy groups -OCH3 is 3. The molecular formula is C21H23N3O4S. The van der Waals surface area contributed by atoms with Crippen molar-refractivity contribution in [3.8, 4) is 17.2 Å². The first kappa shape index (κ1) is 19.3. The summed E-state index contributed by atoms with van der Waals surface area (Å²) in [5.41, 5.74) is 1.40.